The van der Waals surface area contributed by atoms with Gasteiger partial charge in [-0.25, -0.2) is 0 Å². The maximum absolute atomic E-state index is 12.9. The molecule has 1 aliphatic rings. The first-order valence-electron chi connectivity index (χ1n) is 8.05. The highest BCUT2D eigenvalue weighted by atomic mass is 16.2. The zero-order valence-corrected chi connectivity index (χ0v) is 13.8. The van der Waals surface area contributed by atoms with E-state index in [-0.39, 0.29) is 24.2 Å². The summed E-state index contributed by atoms with van der Waals surface area (Å²) >= 11 is 0. The van der Waals surface area contributed by atoms with Crippen LogP contribution in [0.4, 0.5) is 0 Å². The van der Waals surface area contributed by atoms with Gasteiger partial charge in [0, 0.05) is 6.04 Å². The molecular formula is C18H28N2O. The third-order valence-corrected chi connectivity index (χ3v) is 4.19. The van der Waals surface area contributed by atoms with E-state index in [9.17, 15) is 4.79 Å². The maximum atomic E-state index is 12.9. The molecule has 0 aromatic heterocycles. The summed E-state index contributed by atoms with van der Waals surface area (Å²) in [6.45, 7) is 10.9. The predicted octanol–water partition coefficient (Wildman–Crippen LogP) is 3.58. The van der Waals surface area contributed by atoms with Gasteiger partial charge in [-0.05, 0) is 30.7 Å². The Bertz CT molecular complexity index is 469. The van der Waals surface area contributed by atoms with Gasteiger partial charge in [-0.3, -0.25) is 10.1 Å². The van der Waals surface area contributed by atoms with E-state index < -0.39 is 0 Å². The molecule has 116 valence electrons. The molecule has 1 aromatic rings. The maximum Gasteiger partial charge on any atom is 0.245 e. The van der Waals surface area contributed by atoms with Crippen LogP contribution >= 0.6 is 0 Å². The predicted molar refractivity (Wildman–Crippen MR) is 86.7 cm³/mol. The van der Waals surface area contributed by atoms with Crippen molar-refractivity contribution < 1.29 is 4.79 Å². The Morgan fingerprint density at radius 1 is 1.10 bits per heavy atom. The smallest absolute Gasteiger partial charge is 0.245 e. The monoisotopic (exact) mass is 288 g/mol. The van der Waals surface area contributed by atoms with Crippen LogP contribution in [0.25, 0.3) is 0 Å². The first-order valence-corrected chi connectivity index (χ1v) is 8.05. The lowest BCUT2D eigenvalue weighted by atomic mass is 10.0. The zero-order valence-electron chi connectivity index (χ0n) is 13.8. The highest BCUT2D eigenvalue weighted by Crippen LogP contribution is 2.30. The van der Waals surface area contributed by atoms with E-state index >= 15 is 0 Å². The molecule has 0 spiro atoms. The number of benzene rings is 1. The molecule has 0 bridgehead atoms. The van der Waals surface area contributed by atoms with Crippen LogP contribution in [-0.4, -0.2) is 23.0 Å². The lowest BCUT2D eigenvalue weighted by Gasteiger charge is -2.33. The highest BCUT2D eigenvalue weighted by Gasteiger charge is 2.42. The lowest BCUT2D eigenvalue weighted by molar-refractivity contribution is -0.133. The Balaban J connectivity index is 2.24. The van der Waals surface area contributed by atoms with Gasteiger partial charge in [0.25, 0.3) is 0 Å². The van der Waals surface area contributed by atoms with Crippen molar-refractivity contribution in [1.29, 1.82) is 0 Å². The van der Waals surface area contributed by atoms with Crippen LogP contribution < -0.4 is 5.32 Å². The van der Waals surface area contributed by atoms with Crippen LogP contribution in [0, 0.1) is 11.8 Å². The largest absolute Gasteiger partial charge is 0.323 e. The second-order valence-corrected chi connectivity index (χ2v) is 6.92. The van der Waals surface area contributed by atoms with Gasteiger partial charge in [-0.15, -0.1) is 0 Å². The summed E-state index contributed by atoms with van der Waals surface area (Å²) in [7, 11) is 0. The summed E-state index contributed by atoms with van der Waals surface area (Å²) in [5.74, 6) is 1.21. The normalized spacial score (nSPS) is 24.1. The van der Waals surface area contributed by atoms with Crippen molar-refractivity contribution in [2.24, 2.45) is 11.8 Å². The van der Waals surface area contributed by atoms with Gasteiger partial charge in [0.1, 0.15) is 6.04 Å². The van der Waals surface area contributed by atoms with Crippen LogP contribution in [-0.2, 0) is 4.79 Å². The molecule has 1 fully saturated rings. The van der Waals surface area contributed by atoms with E-state index in [1.807, 2.05) is 30.3 Å². The molecule has 0 radical (unpaired) electrons. The molecule has 1 aliphatic heterocycles. The van der Waals surface area contributed by atoms with Gasteiger partial charge in [0.15, 0.2) is 0 Å². The first kappa shape index (κ1) is 16.0. The Morgan fingerprint density at radius 3 is 2.24 bits per heavy atom. The van der Waals surface area contributed by atoms with Gasteiger partial charge >= 0.3 is 0 Å². The van der Waals surface area contributed by atoms with Gasteiger partial charge in [-0.2, -0.15) is 0 Å². The Hall–Kier alpha value is -1.35. The zero-order chi connectivity index (χ0) is 15.6. The molecule has 1 N–H and O–H groups in total. The number of nitrogens with one attached hydrogen (secondary N) is 1. The SMILES string of the molecule is CC(C)CC(C)N1C(=O)C(c2ccccc2)NC1C(C)C. The van der Waals surface area contributed by atoms with Gasteiger partial charge in [0.05, 0.1) is 6.17 Å². The quantitative estimate of drug-likeness (QED) is 0.898. The molecule has 3 heteroatoms. The summed E-state index contributed by atoms with van der Waals surface area (Å²) in [5, 5.41) is 3.54. The standard InChI is InChI=1S/C18H28N2O/c1-12(2)11-14(5)20-17(13(3)4)19-16(18(20)21)15-9-7-6-8-10-15/h6-10,12-14,16-17,19H,11H2,1-5H3. The average molecular weight is 288 g/mol. The summed E-state index contributed by atoms with van der Waals surface area (Å²) in [5.41, 5.74) is 1.06. The van der Waals surface area contributed by atoms with Crippen LogP contribution in [0.2, 0.25) is 0 Å². The van der Waals surface area contributed by atoms with Gasteiger partial charge in [0.2, 0.25) is 5.91 Å². The minimum atomic E-state index is -0.201. The highest BCUT2D eigenvalue weighted by molar-refractivity contribution is 5.86. The van der Waals surface area contributed by atoms with E-state index in [0.717, 1.165) is 12.0 Å². The van der Waals surface area contributed by atoms with Crippen LogP contribution in [0.15, 0.2) is 30.3 Å². The Kier molecular flexibility index (Phi) is 5.04. The molecule has 3 unspecified atom stereocenters. The van der Waals surface area contributed by atoms with Crippen molar-refractivity contribution in [2.75, 3.05) is 0 Å². The number of carbonyl (C=O) groups excluding carboxylic acids is 1. The van der Waals surface area contributed by atoms with Crippen molar-refractivity contribution in [3.63, 3.8) is 0 Å². The molecule has 2 rings (SSSR count). The fraction of sp³-hybridized carbons (Fsp3) is 0.611. The number of amides is 1. The molecule has 1 heterocycles. The minimum Gasteiger partial charge on any atom is -0.323 e. The second-order valence-electron chi connectivity index (χ2n) is 6.92. The third-order valence-electron chi connectivity index (χ3n) is 4.19. The van der Waals surface area contributed by atoms with Crippen LogP contribution in [0.1, 0.15) is 52.6 Å². The van der Waals surface area contributed by atoms with Crippen molar-refractivity contribution in [2.45, 2.75) is 59.3 Å². The van der Waals surface area contributed by atoms with Crippen molar-refractivity contribution in [3.05, 3.63) is 35.9 Å². The van der Waals surface area contributed by atoms with E-state index in [2.05, 4.69) is 44.8 Å². The van der Waals surface area contributed by atoms with E-state index in [4.69, 9.17) is 0 Å². The molecule has 0 saturated carbocycles. The number of hydrogen-bond donors (Lipinski definition) is 1. The molecule has 1 amide bonds. The van der Waals surface area contributed by atoms with E-state index in [0.29, 0.717) is 11.8 Å². The molecule has 3 atom stereocenters. The number of hydrogen-bond acceptors (Lipinski definition) is 2. The Labute approximate surface area is 128 Å². The molecule has 21 heavy (non-hydrogen) atoms. The van der Waals surface area contributed by atoms with Crippen molar-refractivity contribution >= 4 is 5.91 Å². The number of nitrogens with zero attached hydrogens (tertiary/aromatic N) is 1. The first-order chi connectivity index (χ1) is 9.91. The third kappa shape index (κ3) is 3.46. The fourth-order valence-electron chi connectivity index (χ4n) is 3.29. The lowest BCUT2D eigenvalue weighted by Crippen LogP contribution is -2.46. The van der Waals surface area contributed by atoms with E-state index in [1.54, 1.807) is 0 Å². The Morgan fingerprint density at radius 2 is 1.71 bits per heavy atom. The van der Waals surface area contributed by atoms with Crippen molar-refractivity contribution in [3.8, 4) is 0 Å². The van der Waals surface area contributed by atoms with Crippen molar-refractivity contribution in [1.82, 2.24) is 10.2 Å². The summed E-state index contributed by atoms with van der Waals surface area (Å²) in [6.07, 6.45) is 1.16. The molecular weight excluding hydrogens is 260 g/mol. The van der Waals surface area contributed by atoms with Gasteiger partial charge < -0.3 is 4.90 Å². The van der Waals surface area contributed by atoms with Gasteiger partial charge in [-0.1, -0.05) is 58.0 Å². The summed E-state index contributed by atoms with van der Waals surface area (Å²) in [4.78, 5) is 15.0. The molecule has 3 nitrogen and oxygen atoms in total. The summed E-state index contributed by atoms with van der Waals surface area (Å²) < 4.78 is 0. The van der Waals surface area contributed by atoms with Crippen LogP contribution in [0.3, 0.4) is 0 Å². The number of carbonyl (C=O) groups is 1. The molecule has 1 aromatic carbocycles. The van der Waals surface area contributed by atoms with Crippen LogP contribution in [0.5, 0.6) is 0 Å². The topological polar surface area (TPSA) is 32.3 Å². The summed E-state index contributed by atoms with van der Waals surface area (Å²) in [6, 6.07) is 10.1. The van der Waals surface area contributed by atoms with E-state index in [1.165, 1.54) is 0 Å². The average Bonchev–Trinajstić information content (AvgIpc) is 2.77. The minimum absolute atomic E-state index is 0.122. The second kappa shape index (κ2) is 6.61. The molecule has 0 aliphatic carbocycles. The molecule has 1 saturated heterocycles. The number of rotatable bonds is 5. The fourth-order valence-corrected chi connectivity index (χ4v) is 3.29.